The third kappa shape index (κ3) is 4.53. The molecule has 2 N–H and O–H groups in total. The van der Waals surface area contributed by atoms with Gasteiger partial charge in [-0.15, -0.1) is 0 Å². The molecule has 0 aliphatic carbocycles. The minimum Gasteiger partial charge on any atom is -0.478 e. The normalized spacial score (nSPS) is 17.1. The number of amidine groups is 1. The van der Waals surface area contributed by atoms with Gasteiger partial charge in [-0.1, -0.05) is 11.8 Å². The van der Waals surface area contributed by atoms with E-state index in [1.807, 2.05) is 24.3 Å². The predicted octanol–water partition coefficient (Wildman–Crippen LogP) is 3.45. The van der Waals surface area contributed by atoms with Crippen LogP contribution in [-0.2, 0) is 9.59 Å². The molecule has 1 aliphatic heterocycles. The Hall–Kier alpha value is -2.40. The first-order chi connectivity index (χ1) is 13.4. The maximum atomic E-state index is 12.8. The minimum absolute atomic E-state index is 0.0531. The SMILES string of the molecule is CN=C(Nc1ccc(I)cc1)S[C@H]1CC(=O)N(c2ccc(C(=O)O)cc2)C1=O. The summed E-state index contributed by atoms with van der Waals surface area (Å²) in [7, 11) is 1.62. The number of nitrogens with one attached hydrogen (secondary N) is 1. The van der Waals surface area contributed by atoms with Gasteiger partial charge in [-0.3, -0.25) is 14.6 Å². The largest absolute Gasteiger partial charge is 0.478 e. The summed E-state index contributed by atoms with van der Waals surface area (Å²) in [6.07, 6.45) is 0.0531. The Kier molecular flexibility index (Phi) is 6.35. The lowest BCUT2D eigenvalue weighted by Gasteiger charge is -2.16. The van der Waals surface area contributed by atoms with Gasteiger partial charge in [0.25, 0.3) is 0 Å². The fourth-order valence-electron chi connectivity index (χ4n) is 2.65. The fourth-order valence-corrected chi connectivity index (χ4v) is 3.99. The first-order valence-corrected chi connectivity index (χ1v) is 10.2. The summed E-state index contributed by atoms with van der Waals surface area (Å²) in [6, 6.07) is 13.4. The highest BCUT2D eigenvalue weighted by molar-refractivity contribution is 14.1. The predicted molar refractivity (Wildman–Crippen MR) is 118 cm³/mol. The highest BCUT2D eigenvalue weighted by Crippen LogP contribution is 2.31. The molecule has 0 bridgehead atoms. The van der Waals surface area contributed by atoms with Crippen molar-refractivity contribution in [1.29, 1.82) is 0 Å². The van der Waals surface area contributed by atoms with Crippen LogP contribution < -0.4 is 10.2 Å². The van der Waals surface area contributed by atoms with E-state index in [2.05, 4.69) is 32.9 Å². The standard InChI is InChI=1S/C19H16IN3O4S/c1-21-19(22-13-6-4-12(20)5-7-13)28-15-10-16(24)23(17(15)25)14-8-2-11(3-9-14)18(26)27/h2-9,15H,10H2,1H3,(H,21,22)(H,26,27)/t15-/m0/s1. The van der Waals surface area contributed by atoms with Gasteiger partial charge in [0.1, 0.15) is 5.25 Å². The first-order valence-electron chi connectivity index (χ1n) is 8.25. The highest BCUT2D eigenvalue weighted by atomic mass is 127. The van der Waals surface area contributed by atoms with Gasteiger partial charge in [-0.05, 0) is 71.1 Å². The van der Waals surface area contributed by atoms with Gasteiger partial charge in [0.2, 0.25) is 11.8 Å². The minimum atomic E-state index is -1.07. The maximum Gasteiger partial charge on any atom is 0.335 e. The second-order valence-electron chi connectivity index (χ2n) is 5.89. The summed E-state index contributed by atoms with van der Waals surface area (Å²) in [6.45, 7) is 0. The number of carbonyl (C=O) groups is 3. The van der Waals surface area contributed by atoms with Crippen LogP contribution in [-0.4, -0.2) is 40.4 Å². The molecule has 2 aromatic rings. The lowest BCUT2D eigenvalue weighted by molar-refractivity contribution is -0.121. The number of carboxylic acids is 1. The number of thioether (sulfide) groups is 1. The smallest absolute Gasteiger partial charge is 0.335 e. The molecule has 9 heteroatoms. The Labute approximate surface area is 179 Å². The summed E-state index contributed by atoms with van der Waals surface area (Å²) < 4.78 is 1.10. The maximum absolute atomic E-state index is 12.8. The van der Waals surface area contributed by atoms with Crippen molar-refractivity contribution in [2.45, 2.75) is 11.7 Å². The molecule has 0 saturated carbocycles. The monoisotopic (exact) mass is 509 g/mol. The van der Waals surface area contributed by atoms with Crippen LogP contribution in [0.5, 0.6) is 0 Å². The van der Waals surface area contributed by atoms with E-state index in [9.17, 15) is 14.4 Å². The number of hydrogen-bond acceptors (Lipinski definition) is 5. The molecule has 144 valence electrons. The number of nitrogens with zero attached hydrogens (tertiary/aromatic N) is 2. The zero-order valence-electron chi connectivity index (χ0n) is 14.8. The Balaban J connectivity index is 1.71. The molecule has 3 rings (SSSR count). The van der Waals surface area contributed by atoms with Crippen LogP contribution in [0.2, 0.25) is 0 Å². The van der Waals surface area contributed by atoms with Crippen LogP contribution in [0.3, 0.4) is 0 Å². The van der Waals surface area contributed by atoms with E-state index in [0.717, 1.165) is 14.2 Å². The number of benzene rings is 2. The summed E-state index contributed by atoms with van der Waals surface area (Å²) in [5, 5.41) is 12.1. The van der Waals surface area contributed by atoms with E-state index in [0.29, 0.717) is 10.9 Å². The topological polar surface area (TPSA) is 99.1 Å². The summed E-state index contributed by atoms with van der Waals surface area (Å²) in [5.74, 6) is -1.73. The number of anilines is 2. The number of halogens is 1. The van der Waals surface area contributed by atoms with Crippen molar-refractivity contribution in [3.63, 3.8) is 0 Å². The van der Waals surface area contributed by atoms with Crippen LogP contribution >= 0.6 is 34.4 Å². The number of imide groups is 1. The van der Waals surface area contributed by atoms with Gasteiger partial charge in [0.05, 0.1) is 11.3 Å². The Morgan fingerprint density at radius 3 is 2.39 bits per heavy atom. The molecule has 0 radical (unpaired) electrons. The lowest BCUT2D eigenvalue weighted by atomic mass is 10.2. The van der Waals surface area contributed by atoms with Gasteiger partial charge < -0.3 is 10.4 Å². The van der Waals surface area contributed by atoms with Crippen molar-refractivity contribution in [3.8, 4) is 0 Å². The van der Waals surface area contributed by atoms with Crippen LogP contribution in [0, 0.1) is 3.57 Å². The number of amides is 2. The van der Waals surface area contributed by atoms with E-state index in [1.54, 1.807) is 7.05 Å². The Morgan fingerprint density at radius 2 is 1.82 bits per heavy atom. The molecule has 0 unspecified atom stereocenters. The van der Waals surface area contributed by atoms with Gasteiger partial charge in [0.15, 0.2) is 5.17 Å². The molecule has 1 atom stereocenters. The molecule has 1 heterocycles. The fraction of sp³-hybridized carbons (Fsp3) is 0.158. The summed E-state index contributed by atoms with van der Waals surface area (Å²) in [5.41, 5.74) is 1.30. The third-order valence-electron chi connectivity index (χ3n) is 4.03. The quantitative estimate of drug-likeness (QED) is 0.284. The van der Waals surface area contributed by atoms with E-state index >= 15 is 0 Å². The first kappa shape index (κ1) is 20.3. The molecule has 0 spiro atoms. The molecule has 1 aliphatic rings. The average molecular weight is 509 g/mol. The number of hydrogen-bond donors (Lipinski definition) is 2. The molecule has 28 heavy (non-hydrogen) atoms. The van der Waals surface area contributed by atoms with Crippen molar-refractivity contribution >= 4 is 68.7 Å². The zero-order chi connectivity index (χ0) is 20.3. The van der Waals surface area contributed by atoms with Crippen LogP contribution in [0.4, 0.5) is 11.4 Å². The molecule has 2 aromatic carbocycles. The average Bonchev–Trinajstić information content (AvgIpc) is 2.96. The number of aliphatic imine (C=N–C) groups is 1. The van der Waals surface area contributed by atoms with Gasteiger partial charge in [-0.25, -0.2) is 9.69 Å². The second kappa shape index (κ2) is 8.74. The Bertz CT molecular complexity index is 945. The van der Waals surface area contributed by atoms with Crippen LogP contribution in [0.15, 0.2) is 53.5 Å². The van der Waals surface area contributed by atoms with E-state index in [4.69, 9.17) is 5.11 Å². The molecule has 2 amide bonds. The summed E-state index contributed by atoms with van der Waals surface area (Å²) in [4.78, 5) is 41.4. The molecule has 1 fully saturated rings. The van der Waals surface area contributed by atoms with Crippen LogP contribution in [0.25, 0.3) is 0 Å². The molecular weight excluding hydrogens is 493 g/mol. The molecular formula is C19H16IN3O4S. The van der Waals surface area contributed by atoms with Crippen LogP contribution in [0.1, 0.15) is 16.8 Å². The molecule has 0 aromatic heterocycles. The summed E-state index contributed by atoms with van der Waals surface area (Å²) >= 11 is 3.41. The molecule has 1 saturated heterocycles. The second-order valence-corrected chi connectivity index (χ2v) is 8.33. The van der Waals surface area contributed by atoms with Crippen molar-refractivity contribution in [1.82, 2.24) is 0 Å². The number of aromatic carboxylic acids is 1. The van der Waals surface area contributed by atoms with Crippen molar-refractivity contribution in [2.75, 3.05) is 17.3 Å². The van der Waals surface area contributed by atoms with Gasteiger partial charge in [-0.2, -0.15) is 0 Å². The number of carbonyl (C=O) groups excluding carboxylic acids is 2. The van der Waals surface area contributed by atoms with Crippen molar-refractivity contribution < 1.29 is 19.5 Å². The van der Waals surface area contributed by atoms with E-state index in [-0.39, 0.29) is 23.8 Å². The third-order valence-corrected chi connectivity index (χ3v) is 5.91. The molecule has 7 nitrogen and oxygen atoms in total. The van der Waals surface area contributed by atoms with Gasteiger partial charge >= 0.3 is 5.97 Å². The van der Waals surface area contributed by atoms with Crippen molar-refractivity contribution in [2.24, 2.45) is 4.99 Å². The number of rotatable bonds is 4. The Morgan fingerprint density at radius 1 is 1.18 bits per heavy atom. The highest BCUT2D eigenvalue weighted by Gasteiger charge is 2.40. The van der Waals surface area contributed by atoms with E-state index < -0.39 is 11.2 Å². The van der Waals surface area contributed by atoms with Gasteiger partial charge in [0, 0.05) is 22.7 Å². The van der Waals surface area contributed by atoms with Crippen molar-refractivity contribution in [3.05, 3.63) is 57.7 Å². The van der Waals surface area contributed by atoms with E-state index in [1.165, 1.54) is 36.0 Å². The zero-order valence-corrected chi connectivity index (χ0v) is 17.7. The lowest BCUT2D eigenvalue weighted by Crippen LogP contribution is -2.31. The number of carboxylic acid groups (broad SMARTS) is 1.